The number of hydrogen-bond acceptors (Lipinski definition) is 3. The largest absolute Gasteiger partial charge is 0.487 e. The van der Waals surface area contributed by atoms with E-state index >= 15 is 0 Å². The van der Waals surface area contributed by atoms with Gasteiger partial charge in [0.2, 0.25) is 0 Å². The molecule has 6 heteroatoms. The average molecular weight is 349 g/mol. The normalized spacial score (nSPS) is 18.4. The van der Waals surface area contributed by atoms with E-state index in [0.29, 0.717) is 17.9 Å². The number of nitrogens with one attached hydrogen (secondary N) is 1. The number of carbonyl (C=O) groups is 1. The minimum Gasteiger partial charge on any atom is -0.487 e. The van der Waals surface area contributed by atoms with Crippen molar-refractivity contribution in [2.45, 2.75) is 31.9 Å². The van der Waals surface area contributed by atoms with Crippen molar-refractivity contribution in [2.24, 2.45) is 0 Å². The molecule has 0 saturated carbocycles. The SMILES string of the molecule is CC1(C)CC(NC(=O)c2ccc(F)cc2Cl)c2cc(N)ccc2O1. The van der Waals surface area contributed by atoms with Gasteiger partial charge in [0.1, 0.15) is 17.2 Å². The van der Waals surface area contributed by atoms with E-state index in [1.165, 1.54) is 12.1 Å². The fourth-order valence-electron chi connectivity index (χ4n) is 2.91. The number of anilines is 1. The summed E-state index contributed by atoms with van der Waals surface area (Å²) in [6.45, 7) is 3.91. The Balaban J connectivity index is 1.91. The van der Waals surface area contributed by atoms with Crippen molar-refractivity contribution in [1.82, 2.24) is 5.32 Å². The highest BCUT2D eigenvalue weighted by atomic mass is 35.5. The van der Waals surface area contributed by atoms with E-state index in [1.807, 2.05) is 13.8 Å². The highest BCUT2D eigenvalue weighted by Gasteiger charge is 2.35. The molecule has 4 nitrogen and oxygen atoms in total. The van der Waals surface area contributed by atoms with Crippen molar-refractivity contribution in [3.05, 3.63) is 58.4 Å². The lowest BCUT2D eigenvalue weighted by Gasteiger charge is -2.38. The molecule has 2 aromatic rings. The zero-order valence-electron chi connectivity index (χ0n) is 13.4. The highest BCUT2D eigenvalue weighted by molar-refractivity contribution is 6.33. The number of amides is 1. The van der Waals surface area contributed by atoms with E-state index in [9.17, 15) is 9.18 Å². The number of nitrogen functional groups attached to an aromatic ring is 1. The number of fused-ring (bicyclic) bond motifs is 1. The van der Waals surface area contributed by atoms with Gasteiger partial charge in [-0.1, -0.05) is 11.6 Å². The Morgan fingerprint density at radius 1 is 1.33 bits per heavy atom. The number of ether oxygens (including phenoxy) is 1. The summed E-state index contributed by atoms with van der Waals surface area (Å²) in [5, 5.41) is 3.03. The predicted molar refractivity (Wildman–Crippen MR) is 91.8 cm³/mol. The Morgan fingerprint density at radius 2 is 2.08 bits per heavy atom. The summed E-state index contributed by atoms with van der Waals surface area (Å²) in [6.07, 6.45) is 0.577. The van der Waals surface area contributed by atoms with Crippen LogP contribution in [0.3, 0.4) is 0 Å². The zero-order valence-corrected chi connectivity index (χ0v) is 14.2. The summed E-state index contributed by atoms with van der Waals surface area (Å²) in [6, 6.07) is 8.78. The lowest BCUT2D eigenvalue weighted by Crippen LogP contribution is -2.41. The monoisotopic (exact) mass is 348 g/mol. The molecule has 1 aliphatic rings. The molecule has 0 saturated heterocycles. The predicted octanol–water partition coefficient (Wildman–Crippen LogP) is 4.09. The number of carbonyl (C=O) groups excluding carboxylic acids is 1. The van der Waals surface area contributed by atoms with Crippen molar-refractivity contribution in [1.29, 1.82) is 0 Å². The molecule has 2 aromatic carbocycles. The van der Waals surface area contributed by atoms with Crippen molar-refractivity contribution in [2.75, 3.05) is 5.73 Å². The first-order chi connectivity index (χ1) is 11.2. The summed E-state index contributed by atoms with van der Waals surface area (Å²) in [5.74, 6) is -0.158. The molecule has 0 radical (unpaired) electrons. The van der Waals surface area contributed by atoms with Gasteiger partial charge in [-0.05, 0) is 50.2 Å². The van der Waals surface area contributed by atoms with Crippen molar-refractivity contribution < 1.29 is 13.9 Å². The third-order valence-electron chi connectivity index (χ3n) is 3.97. The lowest BCUT2D eigenvalue weighted by atomic mass is 9.89. The van der Waals surface area contributed by atoms with Crippen LogP contribution in [0.15, 0.2) is 36.4 Å². The summed E-state index contributed by atoms with van der Waals surface area (Å²) < 4.78 is 19.1. The van der Waals surface area contributed by atoms with Crippen LogP contribution < -0.4 is 15.8 Å². The number of hydrogen-bond donors (Lipinski definition) is 2. The van der Waals surface area contributed by atoms with Crippen LogP contribution in [0.4, 0.5) is 10.1 Å². The smallest absolute Gasteiger partial charge is 0.253 e. The van der Waals surface area contributed by atoms with Crippen LogP contribution in [0, 0.1) is 5.82 Å². The molecule has 126 valence electrons. The first-order valence-electron chi connectivity index (χ1n) is 7.59. The quantitative estimate of drug-likeness (QED) is 0.803. The summed E-state index contributed by atoms with van der Waals surface area (Å²) in [5.41, 5.74) is 7.07. The Morgan fingerprint density at radius 3 is 2.79 bits per heavy atom. The van der Waals surface area contributed by atoms with Gasteiger partial charge in [-0.3, -0.25) is 4.79 Å². The molecule has 0 fully saturated rings. The number of halogens is 2. The average Bonchev–Trinajstić information content (AvgIpc) is 2.47. The molecule has 1 aliphatic heterocycles. The molecule has 1 amide bonds. The van der Waals surface area contributed by atoms with Gasteiger partial charge < -0.3 is 15.8 Å². The van der Waals surface area contributed by atoms with Gasteiger partial charge in [0, 0.05) is 17.7 Å². The molecular formula is C18H18ClFN2O2. The van der Waals surface area contributed by atoms with Crippen LogP contribution in [0.2, 0.25) is 5.02 Å². The Hall–Kier alpha value is -2.27. The van der Waals surface area contributed by atoms with Gasteiger partial charge in [-0.2, -0.15) is 0 Å². The Labute approximate surface area is 144 Å². The minimum atomic E-state index is -0.484. The number of rotatable bonds is 2. The maximum Gasteiger partial charge on any atom is 0.253 e. The maximum absolute atomic E-state index is 13.2. The second-order valence-electron chi connectivity index (χ2n) is 6.51. The Kier molecular flexibility index (Phi) is 4.13. The topological polar surface area (TPSA) is 64.4 Å². The third-order valence-corrected chi connectivity index (χ3v) is 4.29. The zero-order chi connectivity index (χ0) is 17.5. The van der Waals surface area contributed by atoms with E-state index in [0.717, 1.165) is 11.6 Å². The van der Waals surface area contributed by atoms with Crippen molar-refractivity contribution >= 4 is 23.2 Å². The van der Waals surface area contributed by atoms with E-state index in [2.05, 4.69) is 5.32 Å². The van der Waals surface area contributed by atoms with E-state index in [1.54, 1.807) is 18.2 Å². The maximum atomic E-state index is 13.2. The summed E-state index contributed by atoms with van der Waals surface area (Å²) in [4.78, 5) is 12.6. The molecule has 3 rings (SSSR count). The summed E-state index contributed by atoms with van der Waals surface area (Å²) in [7, 11) is 0. The second kappa shape index (κ2) is 5.98. The molecule has 0 aromatic heterocycles. The van der Waals surface area contributed by atoms with Gasteiger partial charge in [0.25, 0.3) is 5.91 Å². The molecule has 0 spiro atoms. The lowest BCUT2D eigenvalue weighted by molar-refractivity contribution is 0.0620. The van der Waals surface area contributed by atoms with Crippen molar-refractivity contribution in [3.8, 4) is 5.75 Å². The molecular weight excluding hydrogens is 331 g/mol. The van der Waals surface area contributed by atoms with Crippen LogP contribution >= 0.6 is 11.6 Å². The molecule has 0 aliphatic carbocycles. The van der Waals surface area contributed by atoms with Gasteiger partial charge in [0.15, 0.2) is 0 Å². The molecule has 1 unspecified atom stereocenters. The summed E-state index contributed by atoms with van der Waals surface area (Å²) >= 11 is 5.98. The third kappa shape index (κ3) is 3.31. The highest BCUT2D eigenvalue weighted by Crippen LogP contribution is 2.40. The fraction of sp³-hybridized carbons (Fsp3) is 0.278. The van der Waals surface area contributed by atoms with Gasteiger partial charge in [-0.15, -0.1) is 0 Å². The first kappa shape index (κ1) is 16.6. The van der Waals surface area contributed by atoms with Crippen molar-refractivity contribution in [3.63, 3.8) is 0 Å². The van der Waals surface area contributed by atoms with E-state index in [-0.39, 0.29) is 22.5 Å². The van der Waals surface area contributed by atoms with Crippen LogP contribution in [-0.4, -0.2) is 11.5 Å². The van der Waals surface area contributed by atoms with Crippen LogP contribution in [0.25, 0.3) is 0 Å². The molecule has 0 bridgehead atoms. The van der Waals surface area contributed by atoms with E-state index < -0.39 is 11.4 Å². The van der Waals surface area contributed by atoms with Gasteiger partial charge in [0.05, 0.1) is 16.6 Å². The standard InChI is InChI=1S/C18H18ClFN2O2/c1-18(2)9-15(13-8-11(21)4-6-16(13)24-18)22-17(23)12-5-3-10(20)7-14(12)19/h3-8,15H,9,21H2,1-2H3,(H,22,23). The molecule has 1 heterocycles. The molecule has 1 atom stereocenters. The first-order valence-corrected chi connectivity index (χ1v) is 7.97. The van der Waals surface area contributed by atoms with Gasteiger partial charge in [-0.25, -0.2) is 4.39 Å². The van der Waals surface area contributed by atoms with Crippen LogP contribution in [0.1, 0.15) is 42.2 Å². The fourth-order valence-corrected chi connectivity index (χ4v) is 3.16. The van der Waals surface area contributed by atoms with Gasteiger partial charge >= 0.3 is 0 Å². The Bertz CT molecular complexity index is 808. The minimum absolute atomic E-state index is 0.0756. The number of benzene rings is 2. The van der Waals surface area contributed by atoms with E-state index in [4.69, 9.17) is 22.1 Å². The molecule has 24 heavy (non-hydrogen) atoms. The second-order valence-corrected chi connectivity index (χ2v) is 6.92. The number of nitrogens with two attached hydrogens (primary N) is 1. The van der Waals surface area contributed by atoms with Crippen LogP contribution in [-0.2, 0) is 0 Å². The molecule has 3 N–H and O–H groups in total. The van der Waals surface area contributed by atoms with Crippen LogP contribution in [0.5, 0.6) is 5.75 Å².